The maximum atomic E-state index is 13.2. The molecule has 0 radical (unpaired) electrons. The Morgan fingerprint density at radius 2 is 1.73 bits per heavy atom. The Hall–Kier alpha value is -3.17. The van der Waals surface area contributed by atoms with Gasteiger partial charge in [-0.2, -0.15) is 13.2 Å². The standard InChI is InChI=1S/C24H25F3N4O2/c1-30-12-14-31(15-13-30)11-10-28-22(32)20-21(17-6-3-2-4-7-17)33-23(29-20)18-8-5-9-19(16-18)24(25,26)27/h2-9,16H,10-15H2,1H3,(H,28,32). The van der Waals surface area contributed by atoms with Gasteiger partial charge in [0.2, 0.25) is 5.89 Å². The molecule has 1 aliphatic rings. The minimum atomic E-state index is -4.49. The number of hydrogen-bond donors (Lipinski definition) is 1. The number of carbonyl (C=O) groups excluding carboxylic acids is 1. The van der Waals surface area contributed by atoms with E-state index in [0.29, 0.717) is 18.7 Å². The number of alkyl halides is 3. The summed E-state index contributed by atoms with van der Waals surface area (Å²) in [5.74, 6) is -0.241. The molecule has 33 heavy (non-hydrogen) atoms. The van der Waals surface area contributed by atoms with Crippen LogP contribution in [0.3, 0.4) is 0 Å². The predicted octanol–water partition coefficient (Wildman–Crippen LogP) is 4.00. The lowest BCUT2D eigenvalue weighted by atomic mass is 10.1. The Morgan fingerprint density at radius 1 is 1.03 bits per heavy atom. The summed E-state index contributed by atoms with van der Waals surface area (Å²) in [4.78, 5) is 21.8. The monoisotopic (exact) mass is 458 g/mol. The van der Waals surface area contributed by atoms with Gasteiger partial charge in [-0.25, -0.2) is 4.98 Å². The van der Waals surface area contributed by atoms with Crippen molar-refractivity contribution in [3.05, 3.63) is 65.9 Å². The highest BCUT2D eigenvalue weighted by Gasteiger charge is 2.31. The summed E-state index contributed by atoms with van der Waals surface area (Å²) >= 11 is 0. The van der Waals surface area contributed by atoms with Gasteiger partial charge in [0.1, 0.15) is 0 Å². The summed E-state index contributed by atoms with van der Waals surface area (Å²) in [5, 5.41) is 2.87. The first-order valence-electron chi connectivity index (χ1n) is 10.7. The summed E-state index contributed by atoms with van der Waals surface area (Å²) in [7, 11) is 2.08. The van der Waals surface area contributed by atoms with E-state index in [1.54, 1.807) is 24.3 Å². The van der Waals surface area contributed by atoms with Crippen LogP contribution in [0.2, 0.25) is 0 Å². The van der Waals surface area contributed by atoms with E-state index >= 15 is 0 Å². The first-order chi connectivity index (χ1) is 15.8. The zero-order valence-electron chi connectivity index (χ0n) is 18.2. The lowest BCUT2D eigenvalue weighted by molar-refractivity contribution is -0.137. The fraction of sp³-hybridized carbons (Fsp3) is 0.333. The summed E-state index contributed by atoms with van der Waals surface area (Å²) < 4.78 is 45.3. The number of nitrogens with one attached hydrogen (secondary N) is 1. The zero-order valence-corrected chi connectivity index (χ0v) is 18.2. The number of hydrogen-bond acceptors (Lipinski definition) is 5. The van der Waals surface area contributed by atoms with Crippen molar-refractivity contribution in [3.8, 4) is 22.8 Å². The average molecular weight is 458 g/mol. The molecule has 0 aliphatic carbocycles. The fourth-order valence-corrected chi connectivity index (χ4v) is 3.69. The van der Waals surface area contributed by atoms with Gasteiger partial charge in [-0.3, -0.25) is 9.69 Å². The van der Waals surface area contributed by atoms with Gasteiger partial charge in [-0.15, -0.1) is 0 Å². The third-order valence-electron chi connectivity index (χ3n) is 5.62. The van der Waals surface area contributed by atoms with Crippen molar-refractivity contribution in [2.75, 3.05) is 46.3 Å². The van der Waals surface area contributed by atoms with Crippen LogP contribution in [-0.2, 0) is 6.18 Å². The van der Waals surface area contributed by atoms with Gasteiger partial charge in [0.25, 0.3) is 5.91 Å². The number of halogens is 3. The topological polar surface area (TPSA) is 61.6 Å². The Kier molecular flexibility index (Phi) is 6.80. The van der Waals surface area contributed by atoms with Crippen molar-refractivity contribution in [2.45, 2.75) is 6.18 Å². The molecule has 174 valence electrons. The van der Waals surface area contributed by atoms with Crippen LogP contribution < -0.4 is 5.32 Å². The smallest absolute Gasteiger partial charge is 0.416 e. The second-order valence-corrected chi connectivity index (χ2v) is 8.04. The Morgan fingerprint density at radius 3 is 2.42 bits per heavy atom. The van der Waals surface area contributed by atoms with Crippen molar-refractivity contribution in [2.24, 2.45) is 0 Å². The van der Waals surface area contributed by atoms with Crippen molar-refractivity contribution >= 4 is 5.91 Å². The normalized spacial score (nSPS) is 15.5. The number of nitrogens with zero attached hydrogens (tertiary/aromatic N) is 3. The van der Waals surface area contributed by atoms with Gasteiger partial charge >= 0.3 is 6.18 Å². The molecule has 6 nitrogen and oxygen atoms in total. The molecular weight excluding hydrogens is 433 g/mol. The van der Waals surface area contributed by atoms with Crippen LogP contribution in [0.4, 0.5) is 13.2 Å². The molecule has 9 heteroatoms. The molecule has 2 heterocycles. The second kappa shape index (κ2) is 9.76. The average Bonchev–Trinajstić information content (AvgIpc) is 3.26. The molecular formula is C24H25F3N4O2. The van der Waals surface area contributed by atoms with Crippen LogP contribution >= 0.6 is 0 Å². The molecule has 4 rings (SSSR count). The van der Waals surface area contributed by atoms with E-state index < -0.39 is 17.6 Å². The highest BCUT2D eigenvalue weighted by atomic mass is 19.4. The van der Waals surface area contributed by atoms with Crippen molar-refractivity contribution in [1.82, 2.24) is 20.1 Å². The summed E-state index contributed by atoms with van der Waals surface area (Å²) in [6.45, 7) is 4.98. The highest BCUT2D eigenvalue weighted by molar-refractivity contribution is 5.98. The predicted molar refractivity (Wildman–Crippen MR) is 119 cm³/mol. The molecule has 1 saturated heterocycles. The number of likely N-dealkylation sites (N-methyl/N-ethyl adjacent to an activating group) is 1. The molecule has 1 aliphatic heterocycles. The molecule has 0 spiro atoms. The summed E-state index contributed by atoms with van der Waals surface area (Å²) in [6, 6.07) is 13.6. The van der Waals surface area contributed by atoms with Crippen LogP contribution in [0, 0.1) is 0 Å². The van der Waals surface area contributed by atoms with Gasteiger partial charge < -0.3 is 14.6 Å². The van der Waals surface area contributed by atoms with Gasteiger partial charge in [0, 0.05) is 50.4 Å². The first kappa shape index (κ1) is 23.0. The van der Waals surface area contributed by atoms with Crippen LogP contribution in [0.1, 0.15) is 16.1 Å². The van der Waals surface area contributed by atoms with Gasteiger partial charge in [0.05, 0.1) is 5.56 Å². The third kappa shape index (κ3) is 5.61. The molecule has 1 fully saturated rings. The summed E-state index contributed by atoms with van der Waals surface area (Å²) in [6.07, 6.45) is -4.49. The quantitative estimate of drug-likeness (QED) is 0.605. The minimum absolute atomic E-state index is 0.0378. The van der Waals surface area contributed by atoms with Gasteiger partial charge in [-0.05, 0) is 25.2 Å². The molecule has 1 N–H and O–H groups in total. The molecule has 0 saturated carbocycles. The maximum Gasteiger partial charge on any atom is 0.416 e. The molecule has 1 amide bonds. The lowest BCUT2D eigenvalue weighted by Crippen LogP contribution is -2.46. The third-order valence-corrected chi connectivity index (χ3v) is 5.62. The highest BCUT2D eigenvalue weighted by Crippen LogP contribution is 2.34. The fourth-order valence-electron chi connectivity index (χ4n) is 3.69. The molecule has 0 bridgehead atoms. The van der Waals surface area contributed by atoms with Crippen LogP contribution in [0.25, 0.3) is 22.8 Å². The Bertz CT molecular complexity index is 1090. The van der Waals surface area contributed by atoms with Crippen molar-refractivity contribution in [3.63, 3.8) is 0 Å². The van der Waals surface area contributed by atoms with E-state index in [1.165, 1.54) is 12.1 Å². The first-order valence-corrected chi connectivity index (χ1v) is 10.7. The number of carbonyl (C=O) groups is 1. The van der Waals surface area contributed by atoms with Gasteiger partial charge in [-0.1, -0.05) is 36.4 Å². The molecule has 3 aromatic rings. The number of benzene rings is 2. The van der Waals surface area contributed by atoms with E-state index in [4.69, 9.17) is 4.42 Å². The zero-order chi connectivity index (χ0) is 23.4. The lowest BCUT2D eigenvalue weighted by Gasteiger charge is -2.32. The molecule has 2 aromatic carbocycles. The van der Waals surface area contributed by atoms with E-state index in [1.807, 2.05) is 6.07 Å². The number of piperazine rings is 1. The van der Waals surface area contributed by atoms with E-state index in [2.05, 4.69) is 27.1 Å². The number of rotatable bonds is 6. The molecule has 0 atom stereocenters. The van der Waals surface area contributed by atoms with Crippen LogP contribution in [0.15, 0.2) is 59.0 Å². The van der Waals surface area contributed by atoms with Crippen LogP contribution in [0.5, 0.6) is 0 Å². The van der Waals surface area contributed by atoms with Gasteiger partial charge in [0.15, 0.2) is 11.5 Å². The van der Waals surface area contributed by atoms with Crippen molar-refractivity contribution < 1.29 is 22.4 Å². The van der Waals surface area contributed by atoms with Crippen LogP contribution in [-0.4, -0.2) is 67.0 Å². The van der Waals surface area contributed by atoms with E-state index in [-0.39, 0.29) is 22.9 Å². The summed E-state index contributed by atoms with van der Waals surface area (Å²) in [5.41, 5.74) is 0.00978. The minimum Gasteiger partial charge on any atom is -0.435 e. The Labute approximate surface area is 190 Å². The number of amides is 1. The van der Waals surface area contributed by atoms with Crippen molar-refractivity contribution in [1.29, 1.82) is 0 Å². The largest absolute Gasteiger partial charge is 0.435 e. The maximum absolute atomic E-state index is 13.2. The van der Waals surface area contributed by atoms with E-state index in [9.17, 15) is 18.0 Å². The number of aromatic nitrogens is 1. The SMILES string of the molecule is CN1CCN(CCNC(=O)c2nc(-c3cccc(C(F)(F)F)c3)oc2-c2ccccc2)CC1. The second-order valence-electron chi connectivity index (χ2n) is 8.04. The number of oxazole rings is 1. The van der Waals surface area contributed by atoms with E-state index in [0.717, 1.165) is 38.3 Å². The molecule has 0 unspecified atom stereocenters. The Balaban J connectivity index is 1.56. The molecule has 1 aromatic heterocycles.